The normalized spacial score (nSPS) is 18.1. The Bertz CT molecular complexity index is 4130. The van der Waals surface area contributed by atoms with Crippen LogP contribution in [0.4, 0.5) is 37.7 Å². The van der Waals surface area contributed by atoms with Crippen LogP contribution in [0.3, 0.4) is 0 Å². The van der Waals surface area contributed by atoms with Crippen LogP contribution in [0.1, 0.15) is 153 Å². The molecule has 0 saturated carbocycles. The smallest absolute Gasteiger partial charge is 0.380 e. The van der Waals surface area contributed by atoms with Crippen LogP contribution < -0.4 is 25.6 Å². The van der Waals surface area contributed by atoms with Gasteiger partial charge in [-0.25, -0.2) is 26.5 Å². The summed E-state index contributed by atoms with van der Waals surface area (Å²) in [4.78, 5) is 82.3. The number of nitrogens with one attached hydrogen (secondary N) is 4. The van der Waals surface area contributed by atoms with E-state index in [1.54, 1.807) is 33.3 Å². The molecule has 3 aliphatic heterocycles. The maximum Gasteiger partial charge on any atom is 0.501 e. The van der Waals surface area contributed by atoms with Crippen molar-refractivity contribution in [1.82, 2.24) is 39.9 Å². The molecule has 9 rings (SSSR count). The van der Waals surface area contributed by atoms with Crippen molar-refractivity contribution < 1.29 is 67.2 Å². The SMILES string of the molecule is C=C(CCC1=C(CN2CCN(c3ccc(C(=O)NS(=O)(=O)c4ccc(N[C@H](CCN5CCN(C(=O)CCCCCC(=O)NC(C(=O)N6CCC[C@H]6C(=O)N[C@@H](C)c6ccc(-c7scnc7C)cc6)C(C)(C)C)CC5)CSc5ccccc5)c(S(=O)(=O)C(F)(F)F)c4)cc3)CC2)CCC(C)(C)C1)C(F)(F)F. The van der Waals surface area contributed by atoms with Gasteiger partial charge in [0, 0.05) is 118 Å². The molecule has 0 radical (unpaired) electrons. The van der Waals surface area contributed by atoms with Crippen molar-refractivity contribution in [3.63, 3.8) is 0 Å². The van der Waals surface area contributed by atoms with E-state index >= 15 is 0 Å². The zero-order chi connectivity index (χ0) is 76.2. The summed E-state index contributed by atoms with van der Waals surface area (Å²) in [5, 5.41) is 9.07. The van der Waals surface area contributed by atoms with Crippen molar-refractivity contribution in [2.45, 2.75) is 182 Å². The largest absolute Gasteiger partial charge is 0.501 e. The first-order chi connectivity index (χ1) is 49.5. The minimum Gasteiger partial charge on any atom is -0.380 e. The fourth-order valence-electron chi connectivity index (χ4n) is 13.8. The number of piperazine rings is 2. The number of hydrogen-bond acceptors (Lipinski definition) is 16. The van der Waals surface area contributed by atoms with Gasteiger partial charge >= 0.3 is 11.7 Å². The van der Waals surface area contributed by atoms with E-state index in [0.29, 0.717) is 117 Å². The van der Waals surface area contributed by atoms with E-state index in [9.17, 15) is 67.2 Å². The van der Waals surface area contributed by atoms with Gasteiger partial charge in [-0.15, -0.1) is 23.1 Å². The number of benzene rings is 4. The summed E-state index contributed by atoms with van der Waals surface area (Å²) < 4.78 is 140. The number of anilines is 2. The predicted molar refractivity (Wildman–Crippen MR) is 399 cm³/mol. The number of unbranched alkanes of at least 4 members (excludes halogenated alkanes) is 2. The van der Waals surface area contributed by atoms with E-state index in [1.807, 2.05) is 99.4 Å². The van der Waals surface area contributed by atoms with Crippen LogP contribution in [-0.4, -0.2) is 179 Å². The average Bonchev–Trinajstić information content (AvgIpc) is 1.28. The van der Waals surface area contributed by atoms with Crippen molar-refractivity contribution >= 4 is 83.9 Å². The number of sulfonamides is 1. The molecule has 29 heteroatoms. The second kappa shape index (κ2) is 35.2. The Balaban J connectivity index is 0.740. The van der Waals surface area contributed by atoms with E-state index in [2.05, 4.69) is 56.1 Å². The van der Waals surface area contributed by atoms with Crippen molar-refractivity contribution in [3.05, 3.63) is 143 Å². The molecular formula is C76H98F6N10O9S4. The van der Waals surface area contributed by atoms with Crippen LogP contribution in [0, 0.1) is 17.8 Å². The van der Waals surface area contributed by atoms with Gasteiger partial charge in [0.25, 0.3) is 25.8 Å². The zero-order valence-electron chi connectivity index (χ0n) is 60.8. The first-order valence-electron chi connectivity index (χ1n) is 35.9. The van der Waals surface area contributed by atoms with Gasteiger partial charge in [0.05, 0.1) is 32.7 Å². The van der Waals surface area contributed by atoms with E-state index in [4.69, 9.17) is 0 Å². The number of sulfone groups is 1. The molecule has 1 unspecified atom stereocenters. The number of amides is 5. The molecule has 1 aromatic heterocycles. The molecule has 0 bridgehead atoms. The summed E-state index contributed by atoms with van der Waals surface area (Å²) in [7, 11) is -11.2. The lowest BCUT2D eigenvalue weighted by Crippen LogP contribution is -2.57. The van der Waals surface area contributed by atoms with Gasteiger partial charge in [-0.2, -0.15) is 26.3 Å². The van der Waals surface area contributed by atoms with Gasteiger partial charge in [-0.05, 0) is 155 Å². The molecule has 4 atom stereocenters. The highest BCUT2D eigenvalue weighted by atomic mass is 32.2. The van der Waals surface area contributed by atoms with Crippen molar-refractivity contribution in [1.29, 1.82) is 0 Å². The molecule has 4 heterocycles. The summed E-state index contributed by atoms with van der Waals surface area (Å²) >= 11 is 2.94. The van der Waals surface area contributed by atoms with Gasteiger partial charge < -0.3 is 30.7 Å². The third-order valence-electron chi connectivity index (χ3n) is 20.2. The van der Waals surface area contributed by atoms with Crippen LogP contribution in [0.2, 0.25) is 0 Å². The average molecular weight is 1540 g/mol. The Labute approximate surface area is 621 Å². The number of thiazole rings is 1. The third kappa shape index (κ3) is 22.2. The number of hydrogen-bond donors (Lipinski definition) is 4. The molecule has 1 aliphatic carbocycles. The Morgan fingerprint density at radius 1 is 0.771 bits per heavy atom. The molecule has 105 heavy (non-hydrogen) atoms. The second-order valence-electron chi connectivity index (χ2n) is 29.7. The fraction of sp³-hybridized carbons (Fsp3) is 0.526. The van der Waals surface area contributed by atoms with E-state index in [0.717, 1.165) is 69.2 Å². The number of rotatable bonds is 30. The van der Waals surface area contributed by atoms with Gasteiger partial charge in [-0.3, -0.25) is 33.8 Å². The molecule has 572 valence electrons. The van der Waals surface area contributed by atoms with Crippen LogP contribution in [0.15, 0.2) is 141 Å². The van der Waals surface area contributed by atoms with Crippen molar-refractivity contribution in [3.8, 4) is 10.4 Å². The van der Waals surface area contributed by atoms with Gasteiger partial charge in [-0.1, -0.05) is 101 Å². The maximum absolute atomic E-state index is 14.6. The Morgan fingerprint density at radius 2 is 1.44 bits per heavy atom. The minimum atomic E-state index is -6.21. The molecular weight excluding hydrogens is 1440 g/mol. The van der Waals surface area contributed by atoms with Crippen LogP contribution in [0.5, 0.6) is 0 Å². The molecule has 0 spiro atoms. The van der Waals surface area contributed by atoms with Crippen LogP contribution in [0.25, 0.3) is 10.4 Å². The standard InChI is InChI=1S/C76H98F6N10O9S4/c1-51(75(77,78)79)21-22-57-47-74(7,8)35-33-58(57)48-89-40-42-90(43-41-89)60-29-27-56(28-30-60)70(95)87-105(100,101)62-31-32-63(65(46-62)104(98,99)76(80,81)82)85-59(49-102-61-16-11-9-12-17-61)34-37-88-38-44-91(45-39-88)67(94)20-14-10-13-19-66(93)86-69(73(4,5)6)72(97)92-36-15-18-64(92)71(96)84-52(2)54-23-25-55(26-24-54)68-53(3)83-50-103-68/h9,11-12,16-17,23-32,46,50,52,59,64,69,85H,1,10,13-15,18-22,33-45,47-49H2,2-8H3,(H,84,96)(H,86,93)(H,87,95)/t52-,59+,64-,69?/m0/s1. The van der Waals surface area contributed by atoms with Crippen molar-refractivity contribution in [2.75, 3.05) is 88.0 Å². The molecule has 5 aromatic rings. The molecule has 4 aliphatic rings. The lowest BCUT2D eigenvalue weighted by Gasteiger charge is -2.39. The highest BCUT2D eigenvalue weighted by Crippen LogP contribution is 2.43. The quantitative estimate of drug-likeness (QED) is 0.0145. The third-order valence-corrected chi connectivity index (χ3v) is 25.2. The summed E-state index contributed by atoms with van der Waals surface area (Å²) in [6.07, 6.45) is 1.55. The Kier molecular flexibility index (Phi) is 27.4. The topological polar surface area (TPSA) is 231 Å². The predicted octanol–water partition coefficient (Wildman–Crippen LogP) is 13.5. The minimum absolute atomic E-state index is 0.0199. The number of carbonyl (C=O) groups is 5. The van der Waals surface area contributed by atoms with Crippen LogP contribution in [-0.2, 0) is 39.0 Å². The fourth-order valence-corrected chi connectivity index (χ4v) is 17.7. The number of nitrogens with zero attached hydrogens (tertiary/aromatic N) is 6. The molecule has 5 amide bonds. The number of alkyl halides is 6. The van der Waals surface area contributed by atoms with Crippen molar-refractivity contribution in [2.24, 2.45) is 10.8 Å². The molecule has 19 nitrogen and oxygen atoms in total. The number of carbonyl (C=O) groups excluding carboxylic acids is 5. The molecule has 4 aromatic carbocycles. The number of aromatic nitrogens is 1. The molecule has 3 saturated heterocycles. The zero-order valence-corrected chi connectivity index (χ0v) is 64.0. The second-order valence-corrected chi connectivity index (χ2v) is 35.3. The summed E-state index contributed by atoms with van der Waals surface area (Å²) in [5.74, 6) is -1.80. The first kappa shape index (κ1) is 81.8. The molecule has 4 N–H and O–H groups in total. The van der Waals surface area contributed by atoms with Gasteiger partial charge in [0.2, 0.25) is 23.6 Å². The number of allylic oxidation sites excluding steroid dienone is 2. The van der Waals surface area contributed by atoms with E-state index in [-0.39, 0.29) is 72.1 Å². The number of aryl methyl sites for hydroxylation is 1. The number of likely N-dealkylation sites (tertiary alicyclic amines) is 1. The summed E-state index contributed by atoms with van der Waals surface area (Å²) in [5.41, 5.74) is -0.195. The van der Waals surface area contributed by atoms with Crippen LogP contribution >= 0.6 is 23.1 Å². The summed E-state index contributed by atoms with van der Waals surface area (Å²) in [6, 6.07) is 22.9. The van der Waals surface area contributed by atoms with E-state index in [1.165, 1.54) is 29.5 Å². The van der Waals surface area contributed by atoms with Gasteiger partial charge in [0.1, 0.15) is 17.0 Å². The lowest BCUT2D eigenvalue weighted by molar-refractivity contribution is -0.144. The highest BCUT2D eigenvalue weighted by Gasteiger charge is 2.49. The van der Waals surface area contributed by atoms with Gasteiger partial charge in [0.15, 0.2) is 0 Å². The monoisotopic (exact) mass is 1540 g/mol. The maximum atomic E-state index is 14.6. The Hall–Kier alpha value is -7.31. The summed E-state index contributed by atoms with van der Waals surface area (Å²) in [6.45, 7) is 22.6. The highest BCUT2D eigenvalue weighted by molar-refractivity contribution is 7.99. The lowest BCUT2D eigenvalue weighted by atomic mass is 9.73. The Morgan fingerprint density at radius 3 is 2.08 bits per heavy atom. The number of thioether (sulfide) groups is 1. The number of halogens is 6. The first-order valence-corrected chi connectivity index (χ1v) is 40.7. The molecule has 3 fully saturated rings. The van der Waals surface area contributed by atoms with E-state index < -0.39 is 82.0 Å².